The lowest BCUT2D eigenvalue weighted by atomic mass is 10.1. The molecule has 1 aromatic carbocycles. The Bertz CT molecular complexity index is 754. The van der Waals surface area contributed by atoms with Gasteiger partial charge in [-0.1, -0.05) is 11.6 Å². The maximum atomic E-state index is 12.5. The zero-order valence-corrected chi connectivity index (χ0v) is 16.1. The van der Waals surface area contributed by atoms with E-state index >= 15 is 0 Å². The maximum Gasteiger partial charge on any atom is 0.323 e. The Hall–Kier alpha value is -2.25. The average Bonchev–Trinajstić information content (AvgIpc) is 3.03. The van der Waals surface area contributed by atoms with Crippen LogP contribution in [0.3, 0.4) is 0 Å². The van der Waals surface area contributed by atoms with Gasteiger partial charge in [-0.05, 0) is 36.2 Å². The number of hydrogen-bond acceptors (Lipinski definition) is 5. The molecule has 0 bridgehead atoms. The van der Waals surface area contributed by atoms with Crippen LogP contribution < -0.4 is 9.47 Å². The number of carboxylic acid groups (broad SMARTS) is 1. The minimum atomic E-state index is -1.06. The Morgan fingerprint density at radius 2 is 1.81 bits per heavy atom. The van der Waals surface area contributed by atoms with E-state index in [9.17, 15) is 9.59 Å². The van der Waals surface area contributed by atoms with E-state index in [1.54, 1.807) is 24.3 Å². The highest BCUT2D eigenvalue weighted by atomic mass is 35.5. The van der Waals surface area contributed by atoms with Crippen molar-refractivity contribution in [2.45, 2.75) is 19.4 Å². The van der Waals surface area contributed by atoms with Gasteiger partial charge < -0.3 is 19.5 Å². The van der Waals surface area contributed by atoms with E-state index < -0.39 is 5.97 Å². The molecule has 1 aromatic heterocycles. The molecule has 2 rings (SSSR count). The van der Waals surface area contributed by atoms with Gasteiger partial charge in [-0.25, -0.2) is 0 Å². The van der Waals surface area contributed by atoms with Crippen LogP contribution in [0.15, 0.2) is 30.3 Å². The van der Waals surface area contributed by atoms with Crippen LogP contribution in [0.4, 0.5) is 0 Å². The lowest BCUT2D eigenvalue weighted by Gasteiger charge is -2.21. The van der Waals surface area contributed by atoms with Crippen LogP contribution in [-0.4, -0.2) is 42.6 Å². The number of amides is 1. The van der Waals surface area contributed by atoms with E-state index in [1.807, 2.05) is 6.07 Å². The fourth-order valence-corrected chi connectivity index (χ4v) is 3.53. The number of benzene rings is 1. The van der Waals surface area contributed by atoms with Gasteiger partial charge >= 0.3 is 5.97 Å². The van der Waals surface area contributed by atoms with Crippen LogP contribution in [0.1, 0.15) is 16.9 Å². The molecule has 8 heteroatoms. The molecule has 0 spiro atoms. The van der Waals surface area contributed by atoms with E-state index in [-0.39, 0.29) is 25.4 Å². The zero-order chi connectivity index (χ0) is 19.1. The highest BCUT2D eigenvalue weighted by molar-refractivity contribution is 7.16. The van der Waals surface area contributed by atoms with Gasteiger partial charge in [-0.2, -0.15) is 0 Å². The van der Waals surface area contributed by atoms with Crippen LogP contribution in [0.2, 0.25) is 4.34 Å². The molecule has 1 amide bonds. The molecular formula is C18H20ClNO5S. The molecule has 6 nitrogen and oxygen atoms in total. The molecule has 0 radical (unpaired) electrons. The number of carbonyl (C=O) groups excluding carboxylic acids is 1. The van der Waals surface area contributed by atoms with E-state index in [2.05, 4.69) is 0 Å². The highest BCUT2D eigenvalue weighted by Gasteiger charge is 2.18. The van der Waals surface area contributed by atoms with Gasteiger partial charge in [0.2, 0.25) is 5.91 Å². The second-order valence-corrected chi connectivity index (χ2v) is 7.37. The Kier molecular flexibility index (Phi) is 7.29. The van der Waals surface area contributed by atoms with Crippen molar-refractivity contribution >= 4 is 34.8 Å². The number of thiophene rings is 1. The number of hydrogen-bond donors (Lipinski definition) is 1. The van der Waals surface area contributed by atoms with Gasteiger partial charge in [0.05, 0.1) is 18.6 Å². The smallest absolute Gasteiger partial charge is 0.323 e. The Balaban J connectivity index is 2.10. The number of aliphatic carboxylic acids is 1. The molecule has 140 valence electrons. The molecule has 0 unspecified atom stereocenters. The fraction of sp³-hybridized carbons (Fsp3) is 0.333. The minimum absolute atomic E-state index is 0.157. The number of methoxy groups -OCH3 is 2. The molecule has 0 fully saturated rings. The van der Waals surface area contributed by atoms with Crippen molar-refractivity contribution in [1.29, 1.82) is 0 Å². The number of nitrogens with zero attached hydrogens (tertiary/aromatic N) is 1. The minimum Gasteiger partial charge on any atom is -0.497 e. The first-order valence-corrected chi connectivity index (χ1v) is 9.06. The van der Waals surface area contributed by atoms with Gasteiger partial charge in [0.1, 0.15) is 18.0 Å². The molecule has 0 aliphatic heterocycles. The molecule has 0 saturated heterocycles. The molecular weight excluding hydrogens is 378 g/mol. The summed E-state index contributed by atoms with van der Waals surface area (Å²) >= 11 is 7.31. The fourth-order valence-electron chi connectivity index (χ4n) is 2.45. The largest absolute Gasteiger partial charge is 0.497 e. The van der Waals surface area contributed by atoms with E-state index in [0.29, 0.717) is 22.3 Å². The second-order valence-electron chi connectivity index (χ2n) is 5.57. The monoisotopic (exact) mass is 397 g/mol. The highest BCUT2D eigenvalue weighted by Crippen LogP contribution is 2.25. The average molecular weight is 398 g/mol. The molecule has 0 saturated carbocycles. The van der Waals surface area contributed by atoms with E-state index in [0.717, 1.165) is 10.4 Å². The number of carbonyl (C=O) groups is 2. The molecule has 1 heterocycles. The Morgan fingerprint density at radius 1 is 1.15 bits per heavy atom. The normalized spacial score (nSPS) is 10.4. The number of rotatable bonds is 9. The molecule has 2 aromatic rings. The summed E-state index contributed by atoms with van der Waals surface area (Å²) < 4.78 is 11.1. The predicted octanol–water partition coefficient (Wildman–Crippen LogP) is 3.46. The van der Waals surface area contributed by atoms with Crippen molar-refractivity contribution in [3.8, 4) is 11.5 Å². The van der Waals surface area contributed by atoms with Crippen molar-refractivity contribution in [1.82, 2.24) is 4.90 Å². The standard InChI is InChI=1S/C18H20ClNO5S/c1-24-13-7-12(8-14(9-13)25-2)10-20(11-18(22)23)17(21)6-4-15-3-5-16(19)26-15/h3,5,7-9H,4,6,10-11H2,1-2H3,(H,22,23). The molecule has 0 aliphatic carbocycles. The van der Waals surface area contributed by atoms with Crippen molar-refractivity contribution in [3.63, 3.8) is 0 Å². The SMILES string of the molecule is COc1cc(CN(CC(=O)O)C(=O)CCc2ccc(Cl)s2)cc(OC)c1. The summed E-state index contributed by atoms with van der Waals surface area (Å²) in [5.41, 5.74) is 0.731. The third-order valence-electron chi connectivity index (χ3n) is 3.68. The van der Waals surface area contributed by atoms with Crippen LogP contribution >= 0.6 is 22.9 Å². The summed E-state index contributed by atoms with van der Waals surface area (Å²) in [5, 5.41) is 9.14. The van der Waals surface area contributed by atoms with Gasteiger partial charge in [-0.3, -0.25) is 9.59 Å². The first-order chi connectivity index (χ1) is 12.4. The van der Waals surface area contributed by atoms with Gasteiger partial charge in [0, 0.05) is 23.9 Å². The van der Waals surface area contributed by atoms with Crippen molar-refractivity contribution < 1.29 is 24.2 Å². The van der Waals surface area contributed by atoms with E-state index in [4.69, 9.17) is 26.2 Å². The quantitative estimate of drug-likeness (QED) is 0.701. The summed E-state index contributed by atoms with van der Waals surface area (Å²) in [4.78, 5) is 26.0. The number of carboxylic acids is 1. The first-order valence-electron chi connectivity index (χ1n) is 7.87. The summed E-state index contributed by atoms with van der Waals surface area (Å²) in [7, 11) is 3.07. The maximum absolute atomic E-state index is 12.5. The lowest BCUT2D eigenvalue weighted by Crippen LogP contribution is -2.35. The van der Waals surface area contributed by atoms with Crippen molar-refractivity contribution in [2.75, 3.05) is 20.8 Å². The third-order valence-corrected chi connectivity index (χ3v) is 4.97. The zero-order valence-electron chi connectivity index (χ0n) is 14.5. The molecule has 1 N–H and O–H groups in total. The van der Waals surface area contributed by atoms with E-state index in [1.165, 1.54) is 30.5 Å². The van der Waals surface area contributed by atoms with Crippen LogP contribution in [0.25, 0.3) is 0 Å². The van der Waals surface area contributed by atoms with Crippen LogP contribution in [0, 0.1) is 0 Å². The summed E-state index contributed by atoms with van der Waals surface area (Å²) in [6.07, 6.45) is 0.735. The van der Waals surface area contributed by atoms with Crippen molar-refractivity contribution in [2.24, 2.45) is 0 Å². The molecule has 0 aliphatic rings. The first kappa shape index (κ1) is 20.1. The Morgan fingerprint density at radius 3 is 2.31 bits per heavy atom. The summed E-state index contributed by atoms with van der Waals surface area (Å²) in [6, 6.07) is 8.87. The topological polar surface area (TPSA) is 76.1 Å². The van der Waals surface area contributed by atoms with Gasteiger partial charge in [-0.15, -0.1) is 11.3 Å². The lowest BCUT2D eigenvalue weighted by molar-refractivity contribution is -0.144. The summed E-state index contributed by atoms with van der Waals surface area (Å²) in [5.74, 6) is -0.142. The Labute approximate surface area is 160 Å². The number of aryl methyl sites for hydroxylation is 1. The second kappa shape index (κ2) is 9.45. The number of ether oxygens (including phenoxy) is 2. The van der Waals surface area contributed by atoms with Crippen LogP contribution in [0.5, 0.6) is 11.5 Å². The summed E-state index contributed by atoms with van der Waals surface area (Å²) in [6.45, 7) is -0.215. The predicted molar refractivity (Wildman–Crippen MR) is 100 cm³/mol. The number of halogens is 1. The van der Waals surface area contributed by atoms with Crippen LogP contribution in [-0.2, 0) is 22.6 Å². The molecule has 0 atom stereocenters. The molecule has 26 heavy (non-hydrogen) atoms. The van der Waals surface area contributed by atoms with Gasteiger partial charge in [0.25, 0.3) is 0 Å². The van der Waals surface area contributed by atoms with Gasteiger partial charge in [0.15, 0.2) is 0 Å². The third kappa shape index (κ3) is 5.93. The van der Waals surface area contributed by atoms with Crippen molar-refractivity contribution in [3.05, 3.63) is 45.1 Å².